The summed E-state index contributed by atoms with van der Waals surface area (Å²) in [7, 11) is 0. The average Bonchev–Trinajstić information content (AvgIpc) is 3.00. The summed E-state index contributed by atoms with van der Waals surface area (Å²) in [6.07, 6.45) is 1.55. The van der Waals surface area contributed by atoms with Crippen molar-refractivity contribution in [3.63, 3.8) is 0 Å². The average molecular weight is 403 g/mol. The minimum Gasteiger partial charge on any atom is -0.492 e. The third kappa shape index (κ3) is 4.80. The lowest BCUT2D eigenvalue weighted by molar-refractivity contribution is 0.312. The topological polar surface area (TPSA) is 61.1 Å². The van der Waals surface area contributed by atoms with Gasteiger partial charge in [0, 0.05) is 17.6 Å². The van der Waals surface area contributed by atoms with Crippen LogP contribution in [0.15, 0.2) is 70.2 Å². The molecule has 3 rings (SSSR count). The van der Waals surface area contributed by atoms with Crippen molar-refractivity contribution >= 4 is 15.9 Å². The number of ether oxygens (including phenoxy) is 1. The van der Waals surface area contributed by atoms with E-state index in [1.165, 1.54) is 9.25 Å². The lowest BCUT2D eigenvalue weighted by Crippen LogP contribution is -2.30. The molecule has 0 saturated carbocycles. The molecule has 0 unspecified atom stereocenters. The van der Waals surface area contributed by atoms with Gasteiger partial charge in [0.15, 0.2) is 0 Å². The second kappa shape index (κ2) is 8.64. The molecule has 2 aromatic carbocycles. The molecular weight excluding hydrogens is 384 g/mol. The zero-order chi connectivity index (χ0) is 17.5. The van der Waals surface area contributed by atoms with Crippen LogP contribution in [-0.4, -0.2) is 34.0 Å². The number of halogens is 1. The van der Waals surface area contributed by atoms with Gasteiger partial charge in [-0.3, -0.25) is 0 Å². The number of nitrogens with one attached hydrogen (secondary N) is 1. The lowest BCUT2D eigenvalue weighted by Gasteiger charge is -2.07. The monoisotopic (exact) mass is 402 g/mol. The summed E-state index contributed by atoms with van der Waals surface area (Å²) < 4.78 is 9.55. The van der Waals surface area contributed by atoms with Gasteiger partial charge in [-0.15, -0.1) is 0 Å². The Bertz CT molecular complexity index is 844. The Morgan fingerprint density at radius 3 is 2.56 bits per heavy atom. The molecule has 25 heavy (non-hydrogen) atoms. The number of rotatable bonds is 8. The standard InChI is InChI=1S/C18H19BrN4O2/c19-15-6-8-16(9-7-15)22-14-21-23(18(22)24)12-10-20-11-13-25-17-4-2-1-3-5-17/h1-9,14,20H,10-13H2. The fourth-order valence-electron chi connectivity index (χ4n) is 2.34. The molecule has 1 aromatic heterocycles. The normalized spacial score (nSPS) is 10.8. The number of para-hydroxylation sites is 1. The highest BCUT2D eigenvalue weighted by molar-refractivity contribution is 9.10. The second-order valence-corrected chi connectivity index (χ2v) is 6.31. The van der Waals surface area contributed by atoms with Crippen LogP contribution in [0.4, 0.5) is 0 Å². The Morgan fingerprint density at radius 2 is 1.80 bits per heavy atom. The molecule has 0 aliphatic heterocycles. The van der Waals surface area contributed by atoms with Crippen molar-refractivity contribution in [1.29, 1.82) is 0 Å². The maximum atomic E-state index is 12.4. The molecule has 130 valence electrons. The Hall–Kier alpha value is -2.38. The lowest BCUT2D eigenvalue weighted by atomic mass is 10.3. The van der Waals surface area contributed by atoms with Crippen molar-refractivity contribution in [2.24, 2.45) is 0 Å². The molecule has 1 N–H and O–H groups in total. The number of aromatic nitrogens is 3. The molecule has 7 heteroatoms. The minimum absolute atomic E-state index is 0.148. The summed E-state index contributed by atoms with van der Waals surface area (Å²) in [6, 6.07) is 17.2. The maximum Gasteiger partial charge on any atom is 0.350 e. The molecule has 0 radical (unpaired) electrons. The predicted molar refractivity (Wildman–Crippen MR) is 100 cm³/mol. The van der Waals surface area contributed by atoms with Crippen molar-refractivity contribution < 1.29 is 4.74 Å². The fraction of sp³-hybridized carbons (Fsp3) is 0.222. The van der Waals surface area contributed by atoms with Crippen LogP contribution < -0.4 is 15.7 Å². The van der Waals surface area contributed by atoms with Crippen LogP contribution in [0.3, 0.4) is 0 Å². The van der Waals surface area contributed by atoms with Gasteiger partial charge in [-0.05, 0) is 36.4 Å². The van der Waals surface area contributed by atoms with Crippen LogP contribution in [-0.2, 0) is 6.54 Å². The summed E-state index contributed by atoms with van der Waals surface area (Å²) in [5, 5.41) is 7.41. The second-order valence-electron chi connectivity index (χ2n) is 5.39. The first-order valence-electron chi connectivity index (χ1n) is 8.03. The van der Waals surface area contributed by atoms with Crippen LogP contribution in [0.2, 0.25) is 0 Å². The van der Waals surface area contributed by atoms with Crippen molar-refractivity contribution in [3.05, 3.63) is 75.9 Å². The van der Waals surface area contributed by atoms with E-state index in [4.69, 9.17) is 4.74 Å². The molecule has 0 saturated heterocycles. The van der Waals surface area contributed by atoms with E-state index in [0.29, 0.717) is 26.2 Å². The summed E-state index contributed by atoms with van der Waals surface area (Å²) in [4.78, 5) is 12.4. The molecule has 0 spiro atoms. The smallest absolute Gasteiger partial charge is 0.350 e. The van der Waals surface area contributed by atoms with Gasteiger partial charge in [0.05, 0.1) is 12.2 Å². The summed E-state index contributed by atoms with van der Waals surface area (Å²) in [6.45, 7) is 2.44. The Balaban J connectivity index is 1.45. The van der Waals surface area contributed by atoms with Crippen LogP contribution in [0, 0.1) is 0 Å². The van der Waals surface area contributed by atoms with Gasteiger partial charge < -0.3 is 10.1 Å². The van der Waals surface area contributed by atoms with Crippen molar-refractivity contribution in [2.75, 3.05) is 19.7 Å². The Morgan fingerprint density at radius 1 is 1.04 bits per heavy atom. The zero-order valence-electron chi connectivity index (χ0n) is 13.6. The van der Waals surface area contributed by atoms with E-state index in [0.717, 1.165) is 15.9 Å². The number of benzene rings is 2. The predicted octanol–water partition coefficient (Wildman–Crippen LogP) is 2.47. The first-order valence-corrected chi connectivity index (χ1v) is 8.82. The van der Waals surface area contributed by atoms with Crippen LogP contribution in [0.5, 0.6) is 5.75 Å². The Labute approximate surface area is 154 Å². The van der Waals surface area contributed by atoms with E-state index in [-0.39, 0.29) is 5.69 Å². The van der Waals surface area contributed by atoms with Gasteiger partial charge in [-0.25, -0.2) is 14.0 Å². The van der Waals surface area contributed by atoms with Crippen LogP contribution >= 0.6 is 15.9 Å². The van der Waals surface area contributed by atoms with Gasteiger partial charge in [0.1, 0.15) is 18.7 Å². The minimum atomic E-state index is -0.148. The summed E-state index contributed by atoms with van der Waals surface area (Å²) in [5.74, 6) is 0.855. The van der Waals surface area contributed by atoms with E-state index in [1.807, 2.05) is 54.6 Å². The molecule has 0 aliphatic rings. The molecular formula is C18H19BrN4O2. The summed E-state index contributed by atoms with van der Waals surface area (Å²) >= 11 is 3.38. The highest BCUT2D eigenvalue weighted by Crippen LogP contribution is 2.12. The van der Waals surface area contributed by atoms with E-state index >= 15 is 0 Å². The highest BCUT2D eigenvalue weighted by atomic mass is 79.9. The molecule has 3 aromatic rings. The highest BCUT2D eigenvalue weighted by Gasteiger charge is 2.06. The molecule has 6 nitrogen and oxygen atoms in total. The van der Waals surface area contributed by atoms with Gasteiger partial charge in [0.2, 0.25) is 0 Å². The van der Waals surface area contributed by atoms with E-state index < -0.39 is 0 Å². The van der Waals surface area contributed by atoms with E-state index in [9.17, 15) is 4.79 Å². The molecule has 0 aliphatic carbocycles. The fourth-order valence-corrected chi connectivity index (χ4v) is 2.60. The van der Waals surface area contributed by atoms with Gasteiger partial charge >= 0.3 is 5.69 Å². The number of nitrogens with zero attached hydrogens (tertiary/aromatic N) is 3. The van der Waals surface area contributed by atoms with Gasteiger partial charge in [-0.1, -0.05) is 34.1 Å². The van der Waals surface area contributed by atoms with E-state index in [1.54, 1.807) is 6.33 Å². The third-order valence-corrected chi connectivity index (χ3v) is 4.16. The number of hydrogen-bond donors (Lipinski definition) is 1. The first-order chi connectivity index (χ1) is 12.2. The van der Waals surface area contributed by atoms with Crippen molar-refractivity contribution in [3.8, 4) is 11.4 Å². The zero-order valence-corrected chi connectivity index (χ0v) is 15.2. The summed E-state index contributed by atoms with van der Waals surface area (Å²) in [5.41, 5.74) is 0.647. The SMILES string of the molecule is O=c1n(-c2ccc(Br)cc2)cnn1CCNCCOc1ccccc1. The van der Waals surface area contributed by atoms with Gasteiger partial charge in [0.25, 0.3) is 0 Å². The largest absolute Gasteiger partial charge is 0.492 e. The quantitative estimate of drug-likeness (QED) is 0.587. The Kier molecular flexibility index (Phi) is 6.03. The van der Waals surface area contributed by atoms with E-state index in [2.05, 4.69) is 26.3 Å². The van der Waals surface area contributed by atoms with Crippen LogP contribution in [0.1, 0.15) is 0 Å². The molecule has 1 heterocycles. The molecule has 0 bridgehead atoms. The molecule has 0 amide bonds. The third-order valence-electron chi connectivity index (χ3n) is 3.63. The number of hydrogen-bond acceptors (Lipinski definition) is 4. The van der Waals surface area contributed by atoms with Gasteiger partial charge in [-0.2, -0.15) is 5.10 Å². The molecule has 0 fully saturated rings. The van der Waals surface area contributed by atoms with Crippen LogP contribution in [0.25, 0.3) is 5.69 Å². The first kappa shape index (κ1) is 17.4. The molecule has 0 atom stereocenters. The van der Waals surface area contributed by atoms with Crippen molar-refractivity contribution in [1.82, 2.24) is 19.7 Å². The van der Waals surface area contributed by atoms with Crippen molar-refractivity contribution in [2.45, 2.75) is 6.54 Å². The maximum absolute atomic E-state index is 12.4.